The van der Waals surface area contributed by atoms with Crippen molar-refractivity contribution in [2.45, 2.75) is 46.8 Å². The lowest BCUT2D eigenvalue weighted by atomic mass is 10.3. The standard InChI is InChI=1S/C18H31N2O5PS/c1-6-22-26(27,23-7-2)20(14-19-13-16(5)24-15(3)4)18(21)25-17-11-9-8-10-12-17/h8-12,15-16,19H,6-7,13-14H2,1-5H3. The second-order valence-electron chi connectivity index (χ2n) is 5.99. The van der Waals surface area contributed by atoms with Crippen LogP contribution < -0.4 is 10.1 Å². The highest BCUT2D eigenvalue weighted by molar-refractivity contribution is 8.09. The summed E-state index contributed by atoms with van der Waals surface area (Å²) in [5.74, 6) is 0.429. The third-order valence-electron chi connectivity index (χ3n) is 3.24. The van der Waals surface area contributed by atoms with Crippen molar-refractivity contribution < 1.29 is 23.3 Å². The van der Waals surface area contributed by atoms with Crippen molar-refractivity contribution in [1.82, 2.24) is 9.99 Å². The van der Waals surface area contributed by atoms with E-state index in [1.54, 1.807) is 24.3 Å². The first-order chi connectivity index (χ1) is 12.8. The number of benzene rings is 1. The van der Waals surface area contributed by atoms with Crippen molar-refractivity contribution in [3.05, 3.63) is 30.3 Å². The minimum Gasteiger partial charge on any atom is -0.410 e. The molecule has 0 fully saturated rings. The third kappa shape index (κ3) is 8.68. The Bertz CT molecular complexity index is 593. The molecule has 1 amide bonds. The van der Waals surface area contributed by atoms with Crippen LogP contribution >= 0.6 is 6.64 Å². The summed E-state index contributed by atoms with van der Waals surface area (Å²) in [6, 6.07) is 8.83. The first-order valence-corrected chi connectivity index (χ1v) is 11.7. The Labute approximate surface area is 167 Å². The van der Waals surface area contributed by atoms with Gasteiger partial charge in [0.1, 0.15) is 5.75 Å². The maximum absolute atomic E-state index is 12.8. The van der Waals surface area contributed by atoms with Crippen LogP contribution in [-0.4, -0.2) is 49.4 Å². The van der Waals surface area contributed by atoms with Crippen molar-refractivity contribution >= 4 is 24.5 Å². The Hall–Kier alpha value is -1.02. The lowest BCUT2D eigenvalue weighted by Gasteiger charge is -2.32. The number of carbonyl (C=O) groups excluding carboxylic acids is 1. The van der Waals surface area contributed by atoms with Crippen LogP contribution in [0, 0.1) is 0 Å². The van der Waals surface area contributed by atoms with Crippen molar-refractivity contribution in [3.8, 4) is 5.75 Å². The summed E-state index contributed by atoms with van der Waals surface area (Å²) < 4.78 is 23.8. The van der Waals surface area contributed by atoms with Gasteiger partial charge in [-0.25, -0.2) is 9.46 Å². The molecule has 154 valence electrons. The smallest absolute Gasteiger partial charge is 0.410 e. The first-order valence-electron chi connectivity index (χ1n) is 9.12. The Kier molecular flexibility index (Phi) is 11.1. The van der Waals surface area contributed by atoms with Crippen LogP contribution in [0.15, 0.2) is 30.3 Å². The topological polar surface area (TPSA) is 69.3 Å². The molecule has 0 bridgehead atoms. The van der Waals surface area contributed by atoms with Crippen molar-refractivity contribution in [1.29, 1.82) is 0 Å². The van der Waals surface area contributed by atoms with Gasteiger partial charge >= 0.3 is 6.09 Å². The molecule has 1 aromatic carbocycles. The summed E-state index contributed by atoms with van der Waals surface area (Å²) in [4.78, 5) is 12.8. The van der Waals surface area contributed by atoms with Gasteiger partial charge in [0, 0.05) is 6.54 Å². The van der Waals surface area contributed by atoms with Crippen LogP contribution in [-0.2, 0) is 25.6 Å². The molecule has 0 saturated heterocycles. The normalized spacial score (nSPS) is 12.8. The number of hydrogen-bond acceptors (Lipinski definition) is 7. The molecule has 27 heavy (non-hydrogen) atoms. The van der Waals surface area contributed by atoms with E-state index in [-0.39, 0.29) is 18.9 Å². The van der Waals surface area contributed by atoms with Crippen LogP contribution in [0.3, 0.4) is 0 Å². The first kappa shape index (κ1) is 24.0. The zero-order valence-corrected chi connectivity index (χ0v) is 18.4. The third-order valence-corrected chi connectivity index (χ3v) is 6.53. The van der Waals surface area contributed by atoms with Crippen LogP contribution in [0.1, 0.15) is 34.6 Å². The molecule has 0 spiro atoms. The van der Waals surface area contributed by atoms with Crippen LogP contribution in [0.25, 0.3) is 0 Å². The Balaban J connectivity index is 2.87. The highest BCUT2D eigenvalue weighted by Gasteiger charge is 2.34. The van der Waals surface area contributed by atoms with Gasteiger partial charge in [-0.15, -0.1) is 0 Å². The van der Waals surface area contributed by atoms with Crippen molar-refractivity contribution in [2.75, 3.05) is 26.4 Å². The summed E-state index contributed by atoms with van der Waals surface area (Å²) >= 11 is 5.58. The average Bonchev–Trinajstić information content (AvgIpc) is 2.59. The lowest BCUT2D eigenvalue weighted by Crippen LogP contribution is -2.41. The van der Waals surface area contributed by atoms with Crippen LogP contribution in [0.2, 0.25) is 0 Å². The Morgan fingerprint density at radius 2 is 1.74 bits per heavy atom. The predicted molar refractivity (Wildman–Crippen MR) is 110 cm³/mol. The Morgan fingerprint density at radius 3 is 2.26 bits per heavy atom. The van der Waals surface area contributed by atoms with Gasteiger partial charge < -0.3 is 18.5 Å². The molecule has 7 nitrogen and oxygen atoms in total. The monoisotopic (exact) mass is 418 g/mol. The lowest BCUT2D eigenvalue weighted by molar-refractivity contribution is 0.0184. The van der Waals surface area contributed by atoms with Gasteiger partial charge in [-0.1, -0.05) is 18.2 Å². The summed E-state index contributed by atoms with van der Waals surface area (Å²) in [5.41, 5.74) is 0. The molecule has 0 aliphatic heterocycles. The maximum atomic E-state index is 12.8. The highest BCUT2D eigenvalue weighted by Crippen LogP contribution is 2.52. The predicted octanol–water partition coefficient (Wildman–Crippen LogP) is 4.15. The number of hydrogen-bond donors (Lipinski definition) is 1. The van der Waals surface area contributed by atoms with Gasteiger partial charge in [0.05, 0.1) is 32.1 Å². The van der Waals surface area contributed by atoms with Crippen LogP contribution in [0.5, 0.6) is 5.75 Å². The largest absolute Gasteiger partial charge is 0.423 e. The van der Waals surface area contributed by atoms with E-state index in [1.807, 2.05) is 40.7 Å². The fourth-order valence-electron chi connectivity index (χ4n) is 2.28. The minimum atomic E-state index is -3.02. The number of carbonyl (C=O) groups is 1. The highest BCUT2D eigenvalue weighted by atomic mass is 32.5. The molecule has 0 aromatic heterocycles. The van der Waals surface area contributed by atoms with Gasteiger partial charge in [0.25, 0.3) is 6.64 Å². The van der Waals surface area contributed by atoms with Gasteiger partial charge in [-0.3, -0.25) is 5.32 Å². The molecule has 1 atom stereocenters. The molecule has 1 aromatic rings. The van der Waals surface area contributed by atoms with E-state index in [0.717, 1.165) is 0 Å². The van der Waals surface area contributed by atoms with E-state index < -0.39 is 12.7 Å². The number of nitrogens with one attached hydrogen (secondary N) is 1. The Morgan fingerprint density at radius 1 is 1.15 bits per heavy atom. The average molecular weight is 418 g/mol. The van der Waals surface area contributed by atoms with Gasteiger partial charge in [-0.2, -0.15) is 0 Å². The molecule has 0 saturated carbocycles. The second kappa shape index (κ2) is 12.4. The maximum Gasteiger partial charge on any atom is 0.423 e. The van der Waals surface area contributed by atoms with Crippen molar-refractivity contribution in [3.63, 3.8) is 0 Å². The van der Waals surface area contributed by atoms with E-state index >= 15 is 0 Å². The number of amides is 1. The molecule has 0 aliphatic carbocycles. The van der Waals surface area contributed by atoms with Gasteiger partial charge in [-0.05, 0) is 58.6 Å². The molecule has 1 rings (SSSR count). The number of nitrogens with zero attached hydrogens (tertiary/aromatic N) is 1. The molecular formula is C18H31N2O5PS. The quantitative estimate of drug-likeness (QED) is 0.404. The molecule has 1 N–H and O–H groups in total. The number of ether oxygens (including phenoxy) is 2. The van der Waals surface area contributed by atoms with Gasteiger partial charge in [0.2, 0.25) is 0 Å². The van der Waals surface area contributed by atoms with Gasteiger partial charge in [0.15, 0.2) is 0 Å². The van der Waals surface area contributed by atoms with E-state index in [2.05, 4.69) is 5.32 Å². The van der Waals surface area contributed by atoms with E-state index in [0.29, 0.717) is 25.5 Å². The SMILES string of the molecule is CCOP(=S)(OCC)N(CNCC(C)OC(C)C)C(=O)Oc1ccccc1. The van der Waals surface area contributed by atoms with E-state index in [9.17, 15) is 4.79 Å². The fourth-order valence-corrected chi connectivity index (χ4v) is 4.81. The molecule has 0 aliphatic rings. The second-order valence-corrected chi connectivity index (χ2v) is 9.31. The number of para-hydroxylation sites is 1. The zero-order chi connectivity index (χ0) is 20.3. The van der Waals surface area contributed by atoms with Crippen molar-refractivity contribution in [2.24, 2.45) is 0 Å². The molecule has 9 heteroatoms. The summed E-state index contributed by atoms with van der Waals surface area (Å²) in [7, 11) is 0. The van der Waals surface area contributed by atoms with Crippen LogP contribution in [0.4, 0.5) is 4.79 Å². The number of rotatable bonds is 12. The zero-order valence-electron chi connectivity index (χ0n) is 16.7. The van der Waals surface area contributed by atoms with E-state index in [1.165, 1.54) is 4.67 Å². The molecular weight excluding hydrogens is 387 g/mol. The summed E-state index contributed by atoms with van der Waals surface area (Å²) in [6.07, 6.45) is -0.510. The fraction of sp³-hybridized carbons (Fsp3) is 0.611. The summed E-state index contributed by atoms with van der Waals surface area (Å²) in [5, 5.41) is 3.18. The molecule has 0 radical (unpaired) electrons. The summed E-state index contributed by atoms with van der Waals surface area (Å²) in [6.45, 7) is 7.86. The minimum absolute atomic E-state index is 0.0194. The van der Waals surface area contributed by atoms with E-state index in [4.69, 9.17) is 30.3 Å². The molecule has 1 unspecified atom stereocenters. The molecule has 0 heterocycles.